The minimum Gasteiger partial charge on any atom is -0.490 e. The molecular weight excluding hydrogens is 443 g/mol. The van der Waals surface area contributed by atoms with Crippen LogP contribution in [-0.4, -0.2) is 39.1 Å². The normalized spacial score (nSPS) is 13.3. The molecule has 1 saturated carbocycles. The molecule has 2 aromatic carbocycles. The van der Waals surface area contributed by atoms with E-state index in [9.17, 15) is 4.79 Å². The van der Waals surface area contributed by atoms with Crippen LogP contribution < -0.4 is 4.74 Å². The number of aromatic amines is 1. The Morgan fingerprint density at radius 1 is 1.27 bits per heavy atom. The lowest BCUT2D eigenvalue weighted by Crippen LogP contribution is -2.26. The number of aryl methyl sites for hydroxylation is 1. The van der Waals surface area contributed by atoms with E-state index in [-0.39, 0.29) is 17.6 Å². The maximum absolute atomic E-state index is 15.3. The summed E-state index contributed by atoms with van der Waals surface area (Å²) in [5, 5.41) is 8.47. The van der Waals surface area contributed by atoms with Crippen molar-refractivity contribution in [1.29, 1.82) is 0 Å². The first-order valence-electron chi connectivity index (χ1n) is 10.7. The molecule has 0 radical (unpaired) electrons. The Hall–Kier alpha value is -3.45. The van der Waals surface area contributed by atoms with Gasteiger partial charge in [0.05, 0.1) is 23.4 Å². The summed E-state index contributed by atoms with van der Waals surface area (Å²) in [5.74, 6) is -0.495. The second-order valence-corrected chi connectivity index (χ2v) is 8.78. The highest BCUT2D eigenvalue weighted by Gasteiger charge is 2.27. The van der Waals surface area contributed by atoms with Crippen molar-refractivity contribution in [2.24, 2.45) is 0 Å². The van der Waals surface area contributed by atoms with Crippen LogP contribution >= 0.6 is 11.6 Å². The van der Waals surface area contributed by atoms with Gasteiger partial charge in [0.25, 0.3) is 5.91 Å². The van der Waals surface area contributed by atoms with Crippen LogP contribution in [0.1, 0.15) is 34.5 Å². The number of pyridine rings is 1. The number of nitrogens with zero attached hydrogens (tertiary/aromatic N) is 3. The average Bonchev–Trinajstić information content (AvgIpc) is 3.45. The van der Waals surface area contributed by atoms with Crippen molar-refractivity contribution in [1.82, 2.24) is 20.1 Å². The monoisotopic (exact) mass is 464 g/mol. The summed E-state index contributed by atoms with van der Waals surface area (Å²) in [5.41, 5.74) is 3.66. The fourth-order valence-electron chi connectivity index (χ4n) is 3.87. The van der Waals surface area contributed by atoms with Crippen molar-refractivity contribution in [3.8, 4) is 16.9 Å². The number of rotatable bonds is 6. The highest BCUT2D eigenvalue weighted by atomic mass is 35.5. The van der Waals surface area contributed by atoms with Gasteiger partial charge in [0.15, 0.2) is 0 Å². The van der Waals surface area contributed by atoms with E-state index in [0.29, 0.717) is 28.4 Å². The molecule has 0 unspecified atom stereocenters. The maximum Gasteiger partial charge on any atom is 0.254 e. The fourth-order valence-corrected chi connectivity index (χ4v) is 4.06. The van der Waals surface area contributed by atoms with E-state index in [0.717, 1.165) is 35.0 Å². The van der Waals surface area contributed by atoms with Crippen LogP contribution in [0.15, 0.2) is 48.8 Å². The molecular formula is C25H22ClFN4O2. The van der Waals surface area contributed by atoms with E-state index in [2.05, 4.69) is 15.2 Å². The molecule has 0 spiro atoms. The van der Waals surface area contributed by atoms with Crippen molar-refractivity contribution < 1.29 is 13.9 Å². The smallest absolute Gasteiger partial charge is 0.254 e. The van der Waals surface area contributed by atoms with Crippen molar-refractivity contribution in [3.05, 3.63) is 76.5 Å². The Morgan fingerprint density at radius 2 is 2.09 bits per heavy atom. The molecule has 2 aromatic heterocycles. The number of benzene rings is 2. The van der Waals surface area contributed by atoms with Crippen molar-refractivity contribution in [3.63, 3.8) is 0 Å². The molecule has 1 N–H and O–H groups in total. The quantitative estimate of drug-likeness (QED) is 0.406. The van der Waals surface area contributed by atoms with E-state index in [1.807, 2.05) is 6.92 Å². The summed E-state index contributed by atoms with van der Waals surface area (Å²) in [7, 11) is 1.68. The van der Waals surface area contributed by atoms with Crippen molar-refractivity contribution in [2.75, 3.05) is 7.05 Å². The Bertz CT molecular complexity index is 1370. The number of amides is 1. The number of hydrogen-bond acceptors (Lipinski definition) is 4. The lowest BCUT2D eigenvalue weighted by molar-refractivity contribution is 0.0784. The molecule has 1 amide bonds. The Labute approximate surface area is 195 Å². The van der Waals surface area contributed by atoms with E-state index in [4.69, 9.17) is 16.3 Å². The third-order valence-corrected chi connectivity index (χ3v) is 5.99. The molecule has 8 heteroatoms. The zero-order chi connectivity index (χ0) is 23.1. The van der Waals surface area contributed by atoms with Crippen LogP contribution in [0.4, 0.5) is 4.39 Å². The number of aromatic nitrogens is 3. The van der Waals surface area contributed by atoms with Gasteiger partial charge in [-0.05, 0) is 49.6 Å². The number of carbonyl (C=O) groups excluding carboxylic acids is 1. The third kappa shape index (κ3) is 4.28. The first-order valence-corrected chi connectivity index (χ1v) is 11.1. The van der Waals surface area contributed by atoms with Gasteiger partial charge in [-0.1, -0.05) is 23.7 Å². The van der Waals surface area contributed by atoms with Gasteiger partial charge >= 0.3 is 0 Å². The number of halogens is 2. The van der Waals surface area contributed by atoms with Gasteiger partial charge < -0.3 is 9.64 Å². The van der Waals surface area contributed by atoms with Crippen LogP contribution in [0.2, 0.25) is 5.02 Å². The van der Waals surface area contributed by atoms with E-state index < -0.39 is 5.82 Å². The molecule has 1 aliphatic carbocycles. The van der Waals surface area contributed by atoms with Crippen LogP contribution in [0, 0.1) is 12.7 Å². The van der Waals surface area contributed by atoms with Gasteiger partial charge in [-0.3, -0.25) is 14.9 Å². The van der Waals surface area contributed by atoms with Crippen LogP contribution in [0.25, 0.3) is 22.0 Å². The topological polar surface area (TPSA) is 71.1 Å². The molecule has 6 nitrogen and oxygen atoms in total. The standard InChI is InChI=1S/C25H22ClFN4O2/c1-14-20-12-29-30-24(20)17(11-28-14)13-31(2)25(32)16-9-21(27)23(15-4-3-5-18(26)8-15)22(10-16)33-19-6-7-19/h3-5,8-12,19H,6-7,13H2,1-2H3,(H,29,30). The molecule has 4 aromatic rings. The van der Waals surface area contributed by atoms with Gasteiger partial charge in [-0.15, -0.1) is 0 Å². The first kappa shape index (κ1) is 21.4. The molecule has 0 saturated heterocycles. The van der Waals surface area contributed by atoms with Gasteiger partial charge in [-0.2, -0.15) is 5.10 Å². The molecule has 168 valence electrons. The van der Waals surface area contributed by atoms with Crippen molar-refractivity contribution in [2.45, 2.75) is 32.4 Å². The number of carbonyl (C=O) groups is 1. The molecule has 0 atom stereocenters. The molecule has 0 bridgehead atoms. The summed E-state index contributed by atoms with van der Waals surface area (Å²) >= 11 is 6.12. The lowest BCUT2D eigenvalue weighted by Gasteiger charge is -2.20. The number of ether oxygens (including phenoxy) is 1. The molecule has 1 fully saturated rings. The second kappa shape index (κ2) is 8.48. The number of fused-ring (bicyclic) bond motifs is 1. The number of H-pyrrole nitrogens is 1. The van der Waals surface area contributed by atoms with Crippen LogP contribution in [-0.2, 0) is 6.54 Å². The summed E-state index contributed by atoms with van der Waals surface area (Å²) < 4.78 is 21.3. The van der Waals surface area contributed by atoms with Crippen molar-refractivity contribution >= 4 is 28.4 Å². The highest BCUT2D eigenvalue weighted by Crippen LogP contribution is 2.38. The zero-order valence-corrected chi connectivity index (χ0v) is 19.0. The fraction of sp³-hybridized carbons (Fsp3) is 0.240. The Balaban J connectivity index is 1.47. The van der Waals surface area contributed by atoms with Gasteiger partial charge in [0, 0.05) is 47.0 Å². The second-order valence-electron chi connectivity index (χ2n) is 8.35. The minimum absolute atomic E-state index is 0.0395. The van der Waals surface area contributed by atoms with Gasteiger partial charge in [-0.25, -0.2) is 4.39 Å². The van der Waals surface area contributed by atoms with E-state index >= 15 is 4.39 Å². The first-order chi connectivity index (χ1) is 15.9. The predicted octanol–water partition coefficient (Wildman–Crippen LogP) is 5.54. The number of nitrogens with one attached hydrogen (secondary N) is 1. The molecule has 2 heterocycles. The van der Waals surface area contributed by atoms with Gasteiger partial charge in [0.2, 0.25) is 0 Å². The summed E-state index contributed by atoms with van der Waals surface area (Å²) in [6.07, 6.45) is 5.31. The summed E-state index contributed by atoms with van der Waals surface area (Å²) in [6.45, 7) is 2.20. The SMILES string of the molecule is Cc1ncc(CN(C)C(=O)c2cc(F)c(-c3cccc(Cl)c3)c(OC3CC3)c2)c2[nH]ncc12. The summed E-state index contributed by atoms with van der Waals surface area (Å²) in [6, 6.07) is 9.83. The van der Waals surface area contributed by atoms with Crippen LogP contribution in [0.5, 0.6) is 5.75 Å². The Kier molecular flexibility index (Phi) is 5.50. The highest BCUT2D eigenvalue weighted by molar-refractivity contribution is 6.30. The Morgan fingerprint density at radius 3 is 2.85 bits per heavy atom. The van der Waals surface area contributed by atoms with Crippen LogP contribution in [0.3, 0.4) is 0 Å². The maximum atomic E-state index is 15.3. The van der Waals surface area contributed by atoms with Gasteiger partial charge in [0.1, 0.15) is 11.6 Å². The zero-order valence-electron chi connectivity index (χ0n) is 18.2. The lowest BCUT2D eigenvalue weighted by atomic mass is 10.0. The van der Waals surface area contributed by atoms with E-state index in [1.54, 1.807) is 49.8 Å². The van der Waals surface area contributed by atoms with E-state index in [1.165, 1.54) is 11.0 Å². The number of hydrogen-bond donors (Lipinski definition) is 1. The molecule has 1 aliphatic rings. The predicted molar refractivity (Wildman–Crippen MR) is 125 cm³/mol. The third-order valence-electron chi connectivity index (χ3n) is 5.75. The molecule has 0 aliphatic heterocycles. The molecule has 33 heavy (non-hydrogen) atoms. The largest absolute Gasteiger partial charge is 0.490 e. The minimum atomic E-state index is -0.528. The molecule has 5 rings (SSSR count). The summed E-state index contributed by atoms with van der Waals surface area (Å²) in [4.78, 5) is 19.2. The average molecular weight is 465 g/mol.